The van der Waals surface area contributed by atoms with Crippen molar-refractivity contribution in [3.8, 4) is 0 Å². The molecule has 2 rings (SSSR count). The van der Waals surface area contributed by atoms with Crippen LogP contribution in [0.25, 0.3) is 0 Å². The molecule has 0 radical (unpaired) electrons. The van der Waals surface area contributed by atoms with Crippen LogP contribution in [-0.2, 0) is 20.1 Å². The topological polar surface area (TPSA) is 84.1 Å². The Morgan fingerprint density at radius 1 is 1.42 bits per heavy atom. The van der Waals surface area contributed by atoms with Gasteiger partial charge in [0, 0.05) is 38.1 Å². The maximum Gasteiger partial charge on any atom is 0.339 e. The van der Waals surface area contributed by atoms with Crippen LogP contribution in [-0.4, -0.2) is 42.8 Å². The van der Waals surface area contributed by atoms with Crippen molar-refractivity contribution in [2.75, 3.05) is 7.05 Å². The van der Waals surface area contributed by atoms with Crippen LogP contribution in [0.5, 0.6) is 0 Å². The van der Waals surface area contributed by atoms with E-state index in [-0.39, 0.29) is 5.56 Å². The Hall–Kier alpha value is -2.28. The van der Waals surface area contributed by atoms with Gasteiger partial charge in [-0.2, -0.15) is 5.10 Å². The Labute approximate surface area is 110 Å². The first-order valence-corrected chi connectivity index (χ1v) is 5.74. The van der Waals surface area contributed by atoms with Gasteiger partial charge < -0.3 is 5.11 Å². The third-order valence-corrected chi connectivity index (χ3v) is 2.66. The second-order valence-corrected chi connectivity index (χ2v) is 4.38. The minimum Gasteiger partial charge on any atom is -0.478 e. The number of nitrogens with zero attached hydrogens (tertiary/aromatic N) is 5. The fourth-order valence-electron chi connectivity index (χ4n) is 1.84. The molecule has 19 heavy (non-hydrogen) atoms. The first kappa shape index (κ1) is 13.2. The molecule has 100 valence electrons. The lowest BCUT2D eigenvalue weighted by Gasteiger charge is -2.15. The maximum atomic E-state index is 11.1. The van der Waals surface area contributed by atoms with Gasteiger partial charge in [-0.3, -0.25) is 9.58 Å². The van der Waals surface area contributed by atoms with E-state index in [4.69, 9.17) is 5.11 Å². The van der Waals surface area contributed by atoms with Crippen LogP contribution in [0, 0.1) is 0 Å². The van der Waals surface area contributed by atoms with E-state index >= 15 is 0 Å². The van der Waals surface area contributed by atoms with Gasteiger partial charge in [0.25, 0.3) is 0 Å². The zero-order chi connectivity index (χ0) is 13.8. The normalized spacial score (nSPS) is 10.9. The van der Waals surface area contributed by atoms with Gasteiger partial charge in [0.05, 0.1) is 11.9 Å². The highest BCUT2D eigenvalue weighted by Gasteiger charge is 2.13. The standard InChI is InChI=1S/C12H15N5O2/c1-16(5-9-3-15-17(2)6-9)7-11-10(12(18)19)4-13-8-14-11/h3-4,6,8H,5,7H2,1-2H3,(H,18,19). The summed E-state index contributed by atoms with van der Waals surface area (Å²) in [6, 6.07) is 0. The minimum atomic E-state index is -1.01. The molecule has 0 fully saturated rings. The zero-order valence-corrected chi connectivity index (χ0v) is 10.8. The van der Waals surface area contributed by atoms with Crippen molar-refractivity contribution in [3.05, 3.63) is 41.7 Å². The third kappa shape index (κ3) is 3.35. The molecule has 0 aromatic carbocycles. The Morgan fingerprint density at radius 3 is 2.84 bits per heavy atom. The Morgan fingerprint density at radius 2 is 2.21 bits per heavy atom. The highest BCUT2D eigenvalue weighted by Crippen LogP contribution is 2.09. The largest absolute Gasteiger partial charge is 0.478 e. The number of carboxylic acids is 1. The van der Waals surface area contributed by atoms with Crippen LogP contribution in [0.1, 0.15) is 21.6 Å². The molecule has 0 amide bonds. The number of aryl methyl sites for hydroxylation is 1. The predicted octanol–water partition coefficient (Wildman–Crippen LogP) is 0.540. The monoisotopic (exact) mass is 261 g/mol. The maximum absolute atomic E-state index is 11.1. The molecular weight excluding hydrogens is 246 g/mol. The fourth-order valence-corrected chi connectivity index (χ4v) is 1.84. The number of hydrogen-bond acceptors (Lipinski definition) is 5. The average Bonchev–Trinajstić information content (AvgIpc) is 2.75. The van der Waals surface area contributed by atoms with Gasteiger partial charge in [0.1, 0.15) is 11.9 Å². The molecule has 0 saturated carbocycles. The number of hydrogen-bond donors (Lipinski definition) is 1. The van der Waals surface area contributed by atoms with E-state index in [0.29, 0.717) is 18.8 Å². The summed E-state index contributed by atoms with van der Waals surface area (Å²) in [5, 5.41) is 13.2. The molecule has 0 saturated heterocycles. The van der Waals surface area contributed by atoms with Crippen molar-refractivity contribution >= 4 is 5.97 Å². The molecule has 0 aliphatic heterocycles. The number of aromatic carboxylic acids is 1. The minimum absolute atomic E-state index is 0.139. The van der Waals surface area contributed by atoms with E-state index in [1.54, 1.807) is 10.9 Å². The fraction of sp³-hybridized carbons (Fsp3) is 0.333. The molecule has 2 heterocycles. The van der Waals surface area contributed by atoms with Crippen LogP contribution >= 0.6 is 0 Å². The van der Waals surface area contributed by atoms with Gasteiger partial charge >= 0.3 is 5.97 Å². The molecule has 0 atom stereocenters. The predicted molar refractivity (Wildman–Crippen MR) is 67.4 cm³/mol. The molecule has 7 nitrogen and oxygen atoms in total. The van der Waals surface area contributed by atoms with E-state index in [9.17, 15) is 4.79 Å². The van der Waals surface area contributed by atoms with Gasteiger partial charge in [-0.05, 0) is 7.05 Å². The second-order valence-electron chi connectivity index (χ2n) is 4.38. The first-order valence-electron chi connectivity index (χ1n) is 5.74. The van der Waals surface area contributed by atoms with Crippen molar-refractivity contribution in [2.24, 2.45) is 7.05 Å². The number of carbonyl (C=O) groups is 1. The van der Waals surface area contributed by atoms with Crippen LogP contribution in [0.3, 0.4) is 0 Å². The van der Waals surface area contributed by atoms with Crippen molar-refractivity contribution in [1.29, 1.82) is 0 Å². The van der Waals surface area contributed by atoms with Crippen molar-refractivity contribution in [2.45, 2.75) is 13.1 Å². The second kappa shape index (κ2) is 5.57. The molecule has 0 bridgehead atoms. The molecule has 0 aliphatic rings. The number of rotatable bonds is 5. The Kier molecular flexibility index (Phi) is 3.86. The molecule has 0 spiro atoms. The van der Waals surface area contributed by atoms with Crippen LogP contribution < -0.4 is 0 Å². The van der Waals surface area contributed by atoms with E-state index in [2.05, 4.69) is 15.1 Å². The summed E-state index contributed by atoms with van der Waals surface area (Å²) in [5.74, 6) is -1.01. The summed E-state index contributed by atoms with van der Waals surface area (Å²) in [7, 11) is 3.76. The van der Waals surface area contributed by atoms with E-state index in [1.165, 1.54) is 12.5 Å². The molecular formula is C12H15N5O2. The molecule has 0 unspecified atom stereocenters. The van der Waals surface area contributed by atoms with E-state index < -0.39 is 5.97 Å². The number of carboxylic acid groups (broad SMARTS) is 1. The summed E-state index contributed by atoms with van der Waals surface area (Å²) in [6.45, 7) is 1.12. The average molecular weight is 261 g/mol. The van der Waals surface area contributed by atoms with Crippen LogP contribution in [0.2, 0.25) is 0 Å². The van der Waals surface area contributed by atoms with Gasteiger partial charge in [-0.1, -0.05) is 0 Å². The summed E-state index contributed by atoms with van der Waals surface area (Å²) in [6.07, 6.45) is 6.39. The SMILES string of the molecule is CN(Cc1cnn(C)c1)Cc1ncncc1C(=O)O. The van der Waals surface area contributed by atoms with Crippen molar-refractivity contribution in [3.63, 3.8) is 0 Å². The van der Waals surface area contributed by atoms with Crippen molar-refractivity contribution in [1.82, 2.24) is 24.6 Å². The lowest BCUT2D eigenvalue weighted by molar-refractivity contribution is 0.0693. The van der Waals surface area contributed by atoms with Gasteiger partial charge in [0.2, 0.25) is 0 Å². The summed E-state index contributed by atoms with van der Waals surface area (Å²) in [5.41, 5.74) is 1.71. The smallest absolute Gasteiger partial charge is 0.339 e. The molecule has 1 N–H and O–H groups in total. The highest BCUT2D eigenvalue weighted by molar-refractivity contribution is 5.88. The van der Waals surface area contributed by atoms with Gasteiger partial charge in [0.15, 0.2) is 0 Å². The van der Waals surface area contributed by atoms with E-state index in [1.807, 2.05) is 25.2 Å². The Balaban J connectivity index is 2.06. The van der Waals surface area contributed by atoms with Crippen LogP contribution in [0.15, 0.2) is 24.9 Å². The molecule has 7 heteroatoms. The lowest BCUT2D eigenvalue weighted by Crippen LogP contribution is -2.20. The molecule has 2 aromatic rings. The summed E-state index contributed by atoms with van der Waals surface area (Å²) < 4.78 is 1.73. The third-order valence-electron chi connectivity index (χ3n) is 2.66. The lowest BCUT2D eigenvalue weighted by atomic mass is 10.2. The Bertz CT molecular complexity index is 581. The van der Waals surface area contributed by atoms with Crippen molar-refractivity contribution < 1.29 is 9.90 Å². The van der Waals surface area contributed by atoms with Crippen LogP contribution in [0.4, 0.5) is 0 Å². The van der Waals surface area contributed by atoms with Gasteiger partial charge in [-0.15, -0.1) is 0 Å². The van der Waals surface area contributed by atoms with Gasteiger partial charge in [-0.25, -0.2) is 14.8 Å². The van der Waals surface area contributed by atoms with E-state index in [0.717, 1.165) is 5.56 Å². The first-order chi connectivity index (χ1) is 9.06. The molecule has 0 aliphatic carbocycles. The molecule has 2 aromatic heterocycles. The quantitative estimate of drug-likeness (QED) is 0.845. The summed E-state index contributed by atoms with van der Waals surface area (Å²) in [4.78, 5) is 20.8. The zero-order valence-electron chi connectivity index (χ0n) is 10.8. The summed E-state index contributed by atoms with van der Waals surface area (Å²) >= 11 is 0. The highest BCUT2D eigenvalue weighted by atomic mass is 16.4. The number of aromatic nitrogens is 4.